The molecule has 9 heteroatoms. The Kier molecular flexibility index (Phi) is 7.96. The minimum atomic E-state index is -3.60. The Morgan fingerprint density at radius 1 is 1.30 bits per heavy atom. The number of benzene rings is 1. The van der Waals surface area contributed by atoms with Crippen molar-refractivity contribution in [2.24, 2.45) is 0 Å². The minimum absolute atomic E-state index is 0.144. The molecule has 1 atom stereocenters. The number of hydrogen-bond acceptors (Lipinski definition) is 6. The SMILES string of the molecule is CCN(CC)S(=O)(=O)c1ccc(N2CCOCC2)c(NC(=O)C(C)SC)c1. The molecule has 0 radical (unpaired) electrons. The summed E-state index contributed by atoms with van der Waals surface area (Å²) in [6.45, 7) is 8.85. The number of carbonyl (C=O) groups is 1. The van der Waals surface area contributed by atoms with Gasteiger partial charge in [0.2, 0.25) is 15.9 Å². The first-order chi connectivity index (χ1) is 12.8. The molecular formula is C18H29N3O4S2. The Bertz CT molecular complexity index is 745. The number of nitrogens with zero attached hydrogens (tertiary/aromatic N) is 2. The fraction of sp³-hybridized carbons (Fsp3) is 0.611. The molecule has 0 aromatic heterocycles. The normalized spacial score (nSPS) is 16.4. The minimum Gasteiger partial charge on any atom is -0.378 e. The van der Waals surface area contributed by atoms with E-state index >= 15 is 0 Å². The zero-order valence-corrected chi connectivity index (χ0v) is 18.0. The zero-order chi connectivity index (χ0) is 20.0. The van der Waals surface area contributed by atoms with Crippen LogP contribution in [0.5, 0.6) is 0 Å². The van der Waals surface area contributed by atoms with E-state index in [2.05, 4.69) is 10.2 Å². The van der Waals surface area contributed by atoms with Crippen molar-refractivity contribution >= 4 is 39.1 Å². The van der Waals surface area contributed by atoms with Crippen LogP contribution >= 0.6 is 11.8 Å². The second-order valence-corrected chi connectivity index (χ2v) is 9.35. The van der Waals surface area contributed by atoms with Crippen LogP contribution in [0.2, 0.25) is 0 Å². The van der Waals surface area contributed by atoms with Crippen LogP contribution in [0.1, 0.15) is 20.8 Å². The highest BCUT2D eigenvalue weighted by atomic mass is 32.2. The number of carbonyl (C=O) groups excluding carboxylic acids is 1. The second-order valence-electron chi connectivity index (χ2n) is 6.23. The van der Waals surface area contributed by atoms with Crippen LogP contribution in [0.3, 0.4) is 0 Å². The van der Waals surface area contributed by atoms with Crippen molar-refractivity contribution in [2.45, 2.75) is 30.9 Å². The van der Waals surface area contributed by atoms with Gasteiger partial charge in [0.15, 0.2) is 0 Å². The molecule has 1 fully saturated rings. The molecule has 0 saturated carbocycles. The molecule has 1 aliphatic heterocycles. The highest BCUT2D eigenvalue weighted by molar-refractivity contribution is 7.99. The number of thioether (sulfide) groups is 1. The van der Waals surface area contributed by atoms with Gasteiger partial charge in [-0.3, -0.25) is 4.79 Å². The van der Waals surface area contributed by atoms with Crippen molar-refractivity contribution in [1.29, 1.82) is 0 Å². The number of amides is 1. The van der Waals surface area contributed by atoms with Gasteiger partial charge in [0.25, 0.3) is 0 Å². The monoisotopic (exact) mass is 415 g/mol. The summed E-state index contributed by atoms with van der Waals surface area (Å²) < 4.78 is 32.6. The topological polar surface area (TPSA) is 79.0 Å². The average molecular weight is 416 g/mol. The van der Waals surface area contributed by atoms with Gasteiger partial charge in [-0.1, -0.05) is 13.8 Å². The van der Waals surface area contributed by atoms with Crippen molar-refractivity contribution < 1.29 is 17.9 Å². The molecule has 2 rings (SSSR count). The highest BCUT2D eigenvalue weighted by Crippen LogP contribution is 2.31. The Balaban J connectivity index is 2.45. The molecule has 1 saturated heterocycles. The first-order valence-electron chi connectivity index (χ1n) is 9.15. The summed E-state index contributed by atoms with van der Waals surface area (Å²) in [6.07, 6.45) is 1.87. The van der Waals surface area contributed by atoms with Gasteiger partial charge in [-0.15, -0.1) is 0 Å². The van der Waals surface area contributed by atoms with Crippen LogP contribution in [-0.2, 0) is 19.6 Å². The number of morpholine rings is 1. The van der Waals surface area contributed by atoms with Gasteiger partial charge in [-0.2, -0.15) is 16.1 Å². The lowest BCUT2D eigenvalue weighted by atomic mass is 10.2. The standard InChI is InChI=1S/C18H29N3O4S2/c1-5-21(6-2)27(23,24)15-7-8-17(20-9-11-25-12-10-20)16(13-15)19-18(22)14(3)26-4/h7-8,13-14H,5-6,9-12H2,1-4H3,(H,19,22). The number of hydrogen-bond donors (Lipinski definition) is 1. The smallest absolute Gasteiger partial charge is 0.243 e. The first-order valence-corrected chi connectivity index (χ1v) is 11.9. The number of nitrogens with one attached hydrogen (secondary N) is 1. The zero-order valence-electron chi connectivity index (χ0n) is 16.4. The third-order valence-electron chi connectivity index (χ3n) is 4.64. The predicted molar refractivity (Wildman–Crippen MR) is 111 cm³/mol. The van der Waals surface area contributed by atoms with Gasteiger partial charge in [-0.25, -0.2) is 8.42 Å². The van der Waals surface area contributed by atoms with Gasteiger partial charge in [0, 0.05) is 26.2 Å². The summed E-state index contributed by atoms with van der Waals surface area (Å²) in [6, 6.07) is 4.97. The van der Waals surface area contributed by atoms with Crippen LogP contribution in [0.15, 0.2) is 23.1 Å². The van der Waals surface area contributed by atoms with E-state index in [-0.39, 0.29) is 16.1 Å². The van der Waals surface area contributed by atoms with Gasteiger partial charge in [0.1, 0.15) is 0 Å². The molecule has 0 aliphatic carbocycles. The molecule has 7 nitrogen and oxygen atoms in total. The molecular weight excluding hydrogens is 386 g/mol. The van der Waals surface area contributed by atoms with Gasteiger partial charge < -0.3 is 15.0 Å². The molecule has 152 valence electrons. The molecule has 0 spiro atoms. The Labute approximate surface area is 166 Å². The summed E-state index contributed by atoms with van der Waals surface area (Å²) >= 11 is 1.44. The van der Waals surface area contributed by atoms with E-state index in [1.54, 1.807) is 18.2 Å². The highest BCUT2D eigenvalue weighted by Gasteiger charge is 2.25. The van der Waals surface area contributed by atoms with E-state index in [9.17, 15) is 13.2 Å². The molecule has 1 N–H and O–H groups in total. The third-order valence-corrected chi connectivity index (χ3v) is 7.61. The lowest BCUT2D eigenvalue weighted by Crippen LogP contribution is -2.37. The van der Waals surface area contributed by atoms with Crippen LogP contribution in [0, 0.1) is 0 Å². The summed E-state index contributed by atoms with van der Waals surface area (Å²) in [5.41, 5.74) is 1.34. The van der Waals surface area contributed by atoms with Gasteiger partial charge in [-0.05, 0) is 31.4 Å². The molecule has 1 aliphatic rings. The largest absolute Gasteiger partial charge is 0.378 e. The maximum atomic E-state index is 12.9. The first kappa shape index (κ1) is 22.0. The molecule has 1 aromatic carbocycles. The second kappa shape index (κ2) is 9.77. The Hall–Kier alpha value is -1.29. The molecule has 1 heterocycles. The summed E-state index contributed by atoms with van der Waals surface area (Å²) in [4.78, 5) is 14.7. The van der Waals surface area contributed by atoms with Crippen molar-refractivity contribution in [2.75, 3.05) is 55.9 Å². The van der Waals surface area contributed by atoms with Gasteiger partial charge >= 0.3 is 0 Å². The van der Waals surface area contributed by atoms with E-state index in [4.69, 9.17) is 4.74 Å². The van der Waals surface area contributed by atoms with Crippen molar-refractivity contribution in [3.8, 4) is 0 Å². The number of ether oxygens (including phenoxy) is 1. The van der Waals surface area contributed by atoms with Crippen LogP contribution in [0.25, 0.3) is 0 Å². The van der Waals surface area contributed by atoms with Crippen LogP contribution in [0.4, 0.5) is 11.4 Å². The Morgan fingerprint density at radius 3 is 2.48 bits per heavy atom. The van der Waals surface area contributed by atoms with Crippen molar-refractivity contribution in [3.05, 3.63) is 18.2 Å². The summed E-state index contributed by atoms with van der Waals surface area (Å²) in [5, 5.41) is 2.69. The maximum absolute atomic E-state index is 12.9. The molecule has 1 amide bonds. The lowest BCUT2D eigenvalue weighted by Gasteiger charge is -2.31. The quantitative estimate of drug-likeness (QED) is 0.702. The summed E-state index contributed by atoms with van der Waals surface area (Å²) in [7, 11) is -3.60. The van der Waals surface area contributed by atoms with E-state index in [1.165, 1.54) is 16.1 Å². The van der Waals surface area contributed by atoms with Crippen molar-refractivity contribution in [1.82, 2.24) is 4.31 Å². The molecule has 0 bridgehead atoms. The molecule has 27 heavy (non-hydrogen) atoms. The third kappa shape index (κ3) is 5.16. The molecule has 1 unspecified atom stereocenters. The van der Waals surface area contributed by atoms with Gasteiger partial charge in [0.05, 0.1) is 34.7 Å². The van der Waals surface area contributed by atoms with Crippen LogP contribution in [-0.4, -0.2) is 69.5 Å². The summed E-state index contributed by atoms with van der Waals surface area (Å²) in [5.74, 6) is -0.144. The average Bonchev–Trinajstić information content (AvgIpc) is 2.68. The molecule has 1 aromatic rings. The fourth-order valence-electron chi connectivity index (χ4n) is 2.91. The number of anilines is 2. The number of sulfonamides is 1. The predicted octanol–water partition coefficient (Wildman–Crippen LogP) is 2.24. The van der Waals surface area contributed by atoms with E-state index in [1.807, 2.05) is 27.0 Å². The number of rotatable bonds is 8. The lowest BCUT2D eigenvalue weighted by molar-refractivity contribution is -0.115. The maximum Gasteiger partial charge on any atom is 0.243 e. The van der Waals surface area contributed by atoms with Crippen molar-refractivity contribution in [3.63, 3.8) is 0 Å². The fourth-order valence-corrected chi connectivity index (χ4v) is 4.67. The Morgan fingerprint density at radius 2 is 1.93 bits per heavy atom. The van der Waals surface area contributed by atoms with E-state index in [0.717, 1.165) is 5.69 Å². The van der Waals surface area contributed by atoms with E-state index in [0.29, 0.717) is 45.1 Å². The van der Waals surface area contributed by atoms with Crippen LogP contribution < -0.4 is 10.2 Å². The van der Waals surface area contributed by atoms with E-state index < -0.39 is 10.0 Å².